The van der Waals surface area contributed by atoms with E-state index >= 15 is 0 Å². The molecule has 9 heteroatoms. The monoisotopic (exact) mass is 400 g/mol. The lowest BCUT2D eigenvalue weighted by atomic mass is 10.1. The Kier molecular flexibility index (Phi) is 4.60. The van der Waals surface area contributed by atoms with Crippen molar-refractivity contribution in [1.29, 1.82) is 5.26 Å². The van der Waals surface area contributed by atoms with E-state index < -0.39 is 16.9 Å². The summed E-state index contributed by atoms with van der Waals surface area (Å²) < 4.78 is 0.942. The van der Waals surface area contributed by atoms with E-state index in [4.69, 9.17) is 5.26 Å². The van der Waals surface area contributed by atoms with Crippen LogP contribution >= 0.6 is 0 Å². The number of para-hydroxylation sites is 1. The first-order valence-electron chi connectivity index (χ1n) is 9.09. The second-order valence-corrected chi connectivity index (χ2v) is 6.90. The van der Waals surface area contributed by atoms with Crippen molar-refractivity contribution < 1.29 is 0 Å². The van der Waals surface area contributed by atoms with Crippen LogP contribution in [0.2, 0.25) is 0 Å². The number of benzene rings is 2. The van der Waals surface area contributed by atoms with Gasteiger partial charge in [-0.1, -0.05) is 18.2 Å². The van der Waals surface area contributed by atoms with Crippen LogP contribution in [-0.4, -0.2) is 24.7 Å². The Labute approximate surface area is 169 Å². The predicted octanol–water partition coefficient (Wildman–Crippen LogP) is 1.24. The lowest BCUT2D eigenvalue weighted by Crippen LogP contribution is -2.33. The molecular formula is C21H16N6O3. The first-order chi connectivity index (χ1) is 14.4. The number of hydrogen-bond acceptors (Lipinski definition) is 6. The van der Waals surface area contributed by atoms with Crippen LogP contribution in [0, 0.1) is 25.2 Å². The van der Waals surface area contributed by atoms with Gasteiger partial charge in [-0.25, -0.2) is 9.78 Å². The van der Waals surface area contributed by atoms with Gasteiger partial charge in [-0.05, 0) is 48.7 Å². The van der Waals surface area contributed by atoms with Gasteiger partial charge in [0.25, 0.3) is 11.1 Å². The minimum Gasteiger partial charge on any atom is -0.319 e. The number of fused-ring (bicyclic) bond motifs is 1. The van der Waals surface area contributed by atoms with Crippen molar-refractivity contribution in [2.45, 2.75) is 20.3 Å². The number of aryl methyl sites for hydroxylation is 2. The average Bonchev–Trinajstić information content (AvgIpc) is 2.71. The normalized spacial score (nSPS) is 10.8. The Balaban J connectivity index is 1.85. The molecule has 0 saturated carbocycles. The van der Waals surface area contributed by atoms with E-state index in [0.717, 1.165) is 15.8 Å². The molecule has 0 saturated heterocycles. The van der Waals surface area contributed by atoms with Crippen LogP contribution in [-0.2, 0) is 6.42 Å². The molecule has 0 bridgehead atoms. The Bertz CT molecular complexity index is 1520. The van der Waals surface area contributed by atoms with Gasteiger partial charge in [-0.2, -0.15) is 9.94 Å². The maximum Gasteiger partial charge on any atom is 0.349 e. The van der Waals surface area contributed by atoms with E-state index in [-0.39, 0.29) is 17.7 Å². The number of aromatic nitrogens is 5. The Hall–Kier alpha value is -4.32. The summed E-state index contributed by atoms with van der Waals surface area (Å²) in [4.78, 5) is 46.0. The summed E-state index contributed by atoms with van der Waals surface area (Å²) in [5.41, 5.74) is 2.23. The van der Waals surface area contributed by atoms with Crippen LogP contribution in [0.5, 0.6) is 0 Å². The van der Waals surface area contributed by atoms with E-state index in [9.17, 15) is 14.4 Å². The molecule has 0 amide bonds. The van der Waals surface area contributed by atoms with Crippen LogP contribution in [0.3, 0.4) is 0 Å². The molecule has 0 aliphatic rings. The van der Waals surface area contributed by atoms with Crippen LogP contribution < -0.4 is 16.8 Å². The van der Waals surface area contributed by atoms with Crippen molar-refractivity contribution in [2.75, 3.05) is 0 Å². The number of nitrogens with zero attached hydrogens (tertiary/aromatic N) is 4. The summed E-state index contributed by atoms with van der Waals surface area (Å²) in [6, 6.07) is 12.2. The van der Waals surface area contributed by atoms with E-state index in [1.807, 2.05) is 26.0 Å². The molecule has 30 heavy (non-hydrogen) atoms. The number of aromatic amines is 2. The SMILES string of the molecule is Cc1cc2nc(Cc3ccccc3-n3nc(C#N)c(=O)[nH]c3=O)c(=O)[nH]c2cc1C. The van der Waals surface area contributed by atoms with Crippen LogP contribution in [0.4, 0.5) is 0 Å². The molecule has 4 aromatic rings. The summed E-state index contributed by atoms with van der Waals surface area (Å²) in [6.07, 6.45) is 0.128. The number of nitrogens with one attached hydrogen (secondary N) is 2. The van der Waals surface area contributed by atoms with Gasteiger partial charge in [0.05, 0.1) is 16.7 Å². The van der Waals surface area contributed by atoms with Crippen molar-refractivity contribution in [1.82, 2.24) is 24.7 Å². The van der Waals surface area contributed by atoms with E-state index in [0.29, 0.717) is 22.3 Å². The minimum absolute atomic E-state index is 0.128. The third kappa shape index (κ3) is 3.31. The van der Waals surface area contributed by atoms with Gasteiger partial charge in [0.2, 0.25) is 5.69 Å². The molecule has 9 nitrogen and oxygen atoms in total. The van der Waals surface area contributed by atoms with Gasteiger partial charge < -0.3 is 4.98 Å². The van der Waals surface area contributed by atoms with Gasteiger partial charge in [0, 0.05) is 6.42 Å². The molecule has 2 aromatic carbocycles. The fourth-order valence-corrected chi connectivity index (χ4v) is 3.19. The molecule has 0 fully saturated rings. The van der Waals surface area contributed by atoms with Crippen LogP contribution in [0.25, 0.3) is 16.7 Å². The van der Waals surface area contributed by atoms with E-state index in [2.05, 4.69) is 20.1 Å². The number of nitriles is 1. The third-order valence-corrected chi connectivity index (χ3v) is 4.89. The first-order valence-corrected chi connectivity index (χ1v) is 9.09. The summed E-state index contributed by atoms with van der Waals surface area (Å²) in [5.74, 6) is 0. The average molecular weight is 400 g/mol. The first kappa shape index (κ1) is 19.0. The highest BCUT2D eigenvalue weighted by Gasteiger charge is 2.14. The number of rotatable bonds is 3. The van der Waals surface area contributed by atoms with Gasteiger partial charge in [0.15, 0.2) is 0 Å². The van der Waals surface area contributed by atoms with Crippen LogP contribution in [0.15, 0.2) is 50.8 Å². The molecule has 0 radical (unpaired) electrons. The number of hydrogen-bond donors (Lipinski definition) is 2. The second-order valence-electron chi connectivity index (χ2n) is 6.90. The quantitative estimate of drug-likeness (QED) is 0.531. The Morgan fingerprint density at radius 2 is 1.77 bits per heavy atom. The molecule has 2 N–H and O–H groups in total. The fourth-order valence-electron chi connectivity index (χ4n) is 3.19. The highest BCUT2D eigenvalue weighted by atomic mass is 16.2. The zero-order valence-corrected chi connectivity index (χ0v) is 16.2. The fraction of sp³-hybridized carbons (Fsp3) is 0.143. The molecule has 0 atom stereocenters. The number of H-pyrrole nitrogens is 2. The molecule has 0 aliphatic carbocycles. The van der Waals surface area contributed by atoms with Gasteiger partial charge in [-0.3, -0.25) is 14.6 Å². The summed E-state index contributed by atoms with van der Waals surface area (Å²) in [5, 5.41) is 12.9. The van der Waals surface area contributed by atoms with Crippen molar-refractivity contribution in [2.24, 2.45) is 0 Å². The Morgan fingerprint density at radius 3 is 2.53 bits per heavy atom. The highest BCUT2D eigenvalue weighted by Crippen LogP contribution is 2.18. The molecular weight excluding hydrogens is 384 g/mol. The van der Waals surface area contributed by atoms with Gasteiger partial charge in [0.1, 0.15) is 11.8 Å². The topological polar surface area (TPSA) is 137 Å². The molecule has 0 aliphatic heterocycles. The van der Waals surface area contributed by atoms with Crippen molar-refractivity contribution in [3.05, 3.63) is 95.7 Å². The molecule has 2 heterocycles. The zero-order valence-electron chi connectivity index (χ0n) is 16.2. The largest absolute Gasteiger partial charge is 0.349 e. The molecule has 2 aromatic heterocycles. The summed E-state index contributed by atoms with van der Waals surface area (Å²) in [7, 11) is 0. The van der Waals surface area contributed by atoms with E-state index in [1.54, 1.807) is 30.3 Å². The minimum atomic E-state index is -0.852. The lowest BCUT2D eigenvalue weighted by molar-refractivity contribution is 0.733. The lowest BCUT2D eigenvalue weighted by Gasteiger charge is -2.11. The molecule has 148 valence electrons. The molecule has 0 unspecified atom stereocenters. The van der Waals surface area contributed by atoms with E-state index in [1.165, 1.54) is 0 Å². The second kappa shape index (κ2) is 7.25. The predicted molar refractivity (Wildman–Crippen MR) is 110 cm³/mol. The zero-order chi connectivity index (χ0) is 21.4. The van der Waals surface area contributed by atoms with Crippen molar-refractivity contribution >= 4 is 11.0 Å². The summed E-state index contributed by atoms with van der Waals surface area (Å²) in [6.45, 7) is 3.93. The smallest absolute Gasteiger partial charge is 0.319 e. The molecule has 0 spiro atoms. The Morgan fingerprint density at radius 1 is 1.03 bits per heavy atom. The van der Waals surface area contributed by atoms with Crippen molar-refractivity contribution in [3.63, 3.8) is 0 Å². The standard InChI is InChI=1S/C21H16N6O3/c1-11-7-14-15(8-12(11)2)24-19(28)16(23-14)9-13-5-3-4-6-18(13)27-21(30)25-20(29)17(10-22)26-27/h3-8H,9H2,1-2H3,(H,24,28)(H,25,29,30). The maximum absolute atomic E-state index is 12.6. The van der Waals surface area contributed by atoms with Gasteiger partial charge in [-0.15, -0.1) is 5.10 Å². The highest BCUT2D eigenvalue weighted by molar-refractivity contribution is 5.76. The maximum atomic E-state index is 12.6. The van der Waals surface area contributed by atoms with Crippen LogP contribution in [0.1, 0.15) is 28.1 Å². The summed E-state index contributed by atoms with van der Waals surface area (Å²) >= 11 is 0. The molecule has 4 rings (SSSR count). The third-order valence-electron chi connectivity index (χ3n) is 4.89. The van der Waals surface area contributed by atoms with Gasteiger partial charge >= 0.3 is 5.69 Å². The van der Waals surface area contributed by atoms with Crippen molar-refractivity contribution in [3.8, 4) is 11.8 Å².